The van der Waals surface area contributed by atoms with E-state index in [1.807, 2.05) is 30.3 Å². The minimum atomic E-state index is 0.273. The van der Waals surface area contributed by atoms with Gasteiger partial charge in [0.15, 0.2) is 23.0 Å². The lowest BCUT2D eigenvalue weighted by Gasteiger charge is -2.15. The number of halogens is 1. The minimum absolute atomic E-state index is 0.273. The SMILES string of the molecule is COc1cc(Br)cc(CNc2ccc3c(c2)OCO3)c1OC. The molecule has 0 atom stereocenters. The van der Waals surface area contributed by atoms with Crippen molar-refractivity contribution in [2.75, 3.05) is 26.3 Å². The summed E-state index contributed by atoms with van der Waals surface area (Å²) in [6.07, 6.45) is 0. The predicted molar refractivity (Wildman–Crippen MR) is 87.1 cm³/mol. The van der Waals surface area contributed by atoms with Crippen LogP contribution in [0.1, 0.15) is 5.56 Å². The summed E-state index contributed by atoms with van der Waals surface area (Å²) in [5.41, 5.74) is 1.94. The van der Waals surface area contributed by atoms with Crippen molar-refractivity contribution in [3.05, 3.63) is 40.4 Å². The Labute approximate surface area is 137 Å². The first kappa shape index (κ1) is 14.8. The third kappa shape index (κ3) is 2.92. The Morgan fingerprint density at radius 2 is 1.91 bits per heavy atom. The third-order valence-electron chi connectivity index (χ3n) is 3.38. The van der Waals surface area contributed by atoms with Gasteiger partial charge in [-0.05, 0) is 24.3 Å². The van der Waals surface area contributed by atoms with Crippen LogP contribution >= 0.6 is 15.9 Å². The van der Waals surface area contributed by atoms with Gasteiger partial charge in [0, 0.05) is 28.3 Å². The fourth-order valence-corrected chi connectivity index (χ4v) is 2.83. The largest absolute Gasteiger partial charge is 0.493 e. The molecule has 0 aliphatic carbocycles. The fraction of sp³-hybridized carbons (Fsp3) is 0.250. The number of hydrogen-bond acceptors (Lipinski definition) is 5. The number of anilines is 1. The molecule has 0 spiro atoms. The maximum Gasteiger partial charge on any atom is 0.231 e. The van der Waals surface area contributed by atoms with Crippen molar-refractivity contribution in [2.24, 2.45) is 0 Å². The van der Waals surface area contributed by atoms with E-state index in [-0.39, 0.29) is 6.79 Å². The highest BCUT2D eigenvalue weighted by Crippen LogP contribution is 2.36. The topological polar surface area (TPSA) is 49.0 Å². The zero-order valence-electron chi connectivity index (χ0n) is 12.3. The second kappa shape index (κ2) is 6.36. The van der Waals surface area contributed by atoms with E-state index < -0.39 is 0 Å². The molecular formula is C16H16BrNO4. The van der Waals surface area contributed by atoms with Crippen LogP contribution < -0.4 is 24.3 Å². The Hall–Kier alpha value is -2.08. The molecule has 6 heteroatoms. The molecule has 0 unspecified atom stereocenters. The molecular weight excluding hydrogens is 350 g/mol. The van der Waals surface area contributed by atoms with Gasteiger partial charge in [-0.1, -0.05) is 15.9 Å². The molecule has 0 amide bonds. The normalized spacial score (nSPS) is 12.1. The summed E-state index contributed by atoms with van der Waals surface area (Å²) in [4.78, 5) is 0. The van der Waals surface area contributed by atoms with Crippen LogP contribution in [0.5, 0.6) is 23.0 Å². The van der Waals surface area contributed by atoms with Gasteiger partial charge in [0.2, 0.25) is 6.79 Å². The lowest BCUT2D eigenvalue weighted by Crippen LogP contribution is -2.03. The van der Waals surface area contributed by atoms with Gasteiger partial charge in [0.1, 0.15) is 0 Å². The first-order chi connectivity index (χ1) is 10.7. The Kier molecular flexibility index (Phi) is 4.29. The maximum atomic E-state index is 5.45. The summed E-state index contributed by atoms with van der Waals surface area (Å²) in [5, 5.41) is 3.35. The van der Waals surface area contributed by atoms with Gasteiger partial charge in [-0.15, -0.1) is 0 Å². The molecule has 5 nitrogen and oxygen atoms in total. The zero-order chi connectivity index (χ0) is 15.5. The van der Waals surface area contributed by atoms with Crippen molar-refractivity contribution >= 4 is 21.6 Å². The molecule has 0 fully saturated rings. The predicted octanol–water partition coefficient (Wildman–Crippen LogP) is 3.81. The number of hydrogen-bond donors (Lipinski definition) is 1. The van der Waals surface area contributed by atoms with Gasteiger partial charge in [0.05, 0.1) is 14.2 Å². The second-order valence-electron chi connectivity index (χ2n) is 4.72. The van der Waals surface area contributed by atoms with Gasteiger partial charge in [-0.2, -0.15) is 0 Å². The van der Waals surface area contributed by atoms with E-state index in [4.69, 9.17) is 18.9 Å². The molecule has 0 aromatic heterocycles. The number of rotatable bonds is 5. The average molecular weight is 366 g/mol. The molecule has 22 heavy (non-hydrogen) atoms. The molecule has 0 saturated heterocycles. The van der Waals surface area contributed by atoms with Crippen LogP contribution in [-0.4, -0.2) is 21.0 Å². The molecule has 1 N–H and O–H groups in total. The highest BCUT2D eigenvalue weighted by atomic mass is 79.9. The van der Waals surface area contributed by atoms with Crippen LogP contribution in [0.3, 0.4) is 0 Å². The van der Waals surface area contributed by atoms with Crippen LogP contribution in [-0.2, 0) is 6.54 Å². The summed E-state index contributed by atoms with van der Waals surface area (Å²) >= 11 is 3.48. The third-order valence-corrected chi connectivity index (χ3v) is 3.83. The van der Waals surface area contributed by atoms with Crippen molar-refractivity contribution in [1.82, 2.24) is 0 Å². The van der Waals surface area contributed by atoms with Gasteiger partial charge < -0.3 is 24.3 Å². The van der Waals surface area contributed by atoms with E-state index in [2.05, 4.69) is 21.2 Å². The summed E-state index contributed by atoms with van der Waals surface area (Å²) in [6, 6.07) is 9.65. The molecule has 1 aliphatic heterocycles. The van der Waals surface area contributed by atoms with Crippen molar-refractivity contribution in [3.8, 4) is 23.0 Å². The Morgan fingerprint density at radius 1 is 1.09 bits per heavy atom. The van der Waals surface area contributed by atoms with Crippen molar-refractivity contribution in [3.63, 3.8) is 0 Å². The van der Waals surface area contributed by atoms with Crippen LogP contribution in [0, 0.1) is 0 Å². The van der Waals surface area contributed by atoms with E-state index in [0.29, 0.717) is 12.3 Å². The smallest absolute Gasteiger partial charge is 0.231 e. The second-order valence-corrected chi connectivity index (χ2v) is 5.64. The quantitative estimate of drug-likeness (QED) is 0.872. The molecule has 0 radical (unpaired) electrons. The number of benzene rings is 2. The molecule has 2 aromatic rings. The monoisotopic (exact) mass is 365 g/mol. The molecule has 0 bridgehead atoms. The first-order valence-corrected chi connectivity index (χ1v) is 7.54. The van der Waals surface area contributed by atoms with Gasteiger partial charge in [-0.25, -0.2) is 0 Å². The highest BCUT2D eigenvalue weighted by molar-refractivity contribution is 9.10. The van der Waals surface area contributed by atoms with E-state index >= 15 is 0 Å². The van der Waals surface area contributed by atoms with Crippen molar-refractivity contribution in [2.45, 2.75) is 6.54 Å². The standard InChI is InChI=1S/C16H16BrNO4/c1-19-15-6-11(17)5-10(16(15)20-2)8-18-12-3-4-13-14(7-12)22-9-21-13/h3-7,18H,8-9H2,1-2H3. The summed E-state index contributed by atoms with van der Waals surface area (Å²) in [7, 11) is 3.26. The zero-order valence-corrected chi connectivity index (χ0v) is 13.9. The fourth-order valence-electron chi connectivity index (χ4n) is 2.34. The van der Waals surface area contributed by atoms with Gasteiger partial charge in [0.25, 0.3) is 0 Å². The van der Waals surface area contributed by atoms with Crippen molar-refractivity contribution < 1.29 is 18.9 Å². The summed E-state index contributed by atoms with van der Waals surface area (Å²) in [6.45, 7) is 0.869. The molecule has 2 aromatic carbocycles. The number of methoxy groups -OCH3 is 2. The molecule has 0 saturated carbocycles. The number of nitrogens with one attached hydrogen (secondary N) is 1. The van der Waals surface area contributed by atoms with Crippen LogP contribution in [0.4, 0.5) is 5.69 Å². The number of ether oxygens (including phenoxy) is 4. The van der Waals surface area contributed by atoms with Crippen LogP contribution in [0.15, 0.2) is 34.8 Å². The molecule has 116 valence electrons. The van der Waals surface area contributed by atoms with E-state index in [1.165, 1.54) is 0 Å². The van der Waals surface area contributed by atoms with E-state index in [9.17, 15) is 0 Å². The minimum Gasteiger partial charge on any atom is -0.493 e. The lowest BCUT2D eigenvalue weighted by atomic mass is 10.1. The molecule has 1 aliphatic rings. The first-order valence-electron chi connectivity index (χ1n) is 6.75. The maximum absolute atomic E-state index is 5.45. The number of fused-ring (bicyclic) bond motifs is 1. The van der Waals surface area contributed by atoms with Crippen LogP contribution in [0.25, 0.3) is 0 Å². The van der Waals surface area contributed by atoms with Gasteiger partial charge >= 0.3 is 0 Å². The van der Waals surface area contributed by atoms with Crippen LogP contribution in [0.2, 0.25) is 0 Å². The van der Waals surface area contributed by atoms with Gasteiger partial charge in [-0.3, -0.25) is 0 Å². The summed E-state index contributed by atoms with van der Waals surface area (Å²) in [5.74, 6) is 2.94. The Balaban J connectivity index is 1.80. The Morgan fingerprint density at radius 3 is 2.68 bits per heavy atom. The molecule has 1 heterocycles. The highest BCUT2D eigenvalue weighted by Gasteiger charge is 2.14. The Bertz CT molecular complexity index is 690. The average Bonchev–Trinajstić information content (AvgIpc) is 2.99. The van der Waals surface area contributed by atoms with Crippen molar-refractivity contribution in [1.29, 1.82) is 0 Å². The lowest BCUT2D eigenvalue weighted by molar-refractivity contribution is 0.174. The molecule has 3 rings (SSSR count). The summed E-state index contributed by atoms with van der Waals surface area (Å²) < 4.78 is 22.4. The van der Waals surface area contributed by atoms with E-state index in [1.54, 1.807) is 14.2 Å². The van der Waals surface area contributed by atoms with E-state index in [0.717, 1.165) is 33.0 Å².